The van der Waals surface area contributed by atoms with Crippen LogP contribution in [0.3, 0.4) is 0 Å². The molecule has 3 rings (SSSR count). The maximum atomic E-state index is 12.7. The van der Waals surface area contributed by atoms with Gasteiger partial charge in [0.25, 0.3) is 5.91 Å². The van der Waals surface area contributed by atoms with E-state index in [1.807, 2.05) is 44.3 Å². The Morgan fingerprint density at radius 3 is 2.54 bits per heavy atom. The summed E-state index contributed by atoms with van der Waals surface area (Å²) in [4.78, 5) is 25.0. The predicted molar refractivity (Wildman–Crippen MR) is 109 cm³/mol. The molecule has 0 saturated carbocycles. The summed E-state index contributed by atoms with van der Waals surface area (Å²) in [6.45, 7) is 1.92. The maximum absolute atomic E-state index is 12.7. The maximum Gasteiger partial charge on any atom is 0.253 e. The van der Waals surface area contributed by atoms with Gasteiger partial charge in [0.05, 0.1) is 23.0 Å². The third kappa shape index (κ3) is 4.98. The van der Waals surface area contributed by atoms with Gasteiger partial charge in [-0.25, -0.2) is 0 Å². The van der Waals surface area contributed by atoms with E-state index in [-0.39, 0.29) is 23.6 Å². The molecular weight excluding hydrogens is 374 g/mol. The first kappa shape index (κ1) is 19.6. The van der Waals surface area contributed by atoms with Crippen molar-refractivity contribution in [1.82, 2.24) is 20.1 Å². The molecule has 7 nitrogen and oxygen atoms in total. The number of thioether (sulfide) groups is 1. The SMILES string of the molecule is C[C@H](NC(=O)c1ccccc1NC(=O)CSc1nncn1C)c1ccccc1. The molecule has 0 aliphatic rings. The van der Waals surface area contributed by atoms with Crippen LogP contribution in [0, 0.1) is 0 Å². The van der Waals surface area contributed by atoms with Crippen molar-refractivity contribution in [3.8, 4) is 0 Å². The minimum Gasteiger partial charge on any atom is -0.345 e. The van der Waals surface area contributed by atoms with E-state index in [1.165, 1.54) is 11.8 Å². The molecule has 1 heterocycles. The number of aromatic nitrogens is 3. The van der Waals surface area contributed by atoms with Crippen molar-refractivity contribution in [3.63, 3.8) is 0 Å². The van der Waals surface area contributed by atoms with Crippen LogP contribution >= 0.6 is 11.8 Å². The van der Waals surface area contributed by atoms with Gasteiger partial charge in [-0.05, 0) is 24.6 Å². The highest BCUT2D eigenvalue weighted by atomic mass is 32.2. The predicted octanol–water partition coefficient (Wildman–Crippen LogP) is 3.04. The summed E-state index contributed by atoms with van der Waals surface area (Å²) in [7, 11) is 1.81. The lowest BCUT2D eigenvalue weighted by Gasteiger charge is -2.16. The number of anilines is 1. The van der Waals surface area contributed by atoms with Crippen LogP contribution in [-0.4, -0.2) is 32.3 Å². The van der Waals surface area contributed by atoms with Crippen molar-refractivity contribution >= 4 is 29.3 Å². The fourth-order valence-corrected chi connectivity index (χ4v) is 3.30. The van der Waals surface area contributed by atoms with Crippen molar-refractivity contribution in [2.45, 2.75) is 18.1 Å². The first-order valence-corrected chi connectivity index (χ1v) is 9.74. The van der Waals surface area contributed by atoms with E-state index in [0.717, 1.165) is 5.56 Å². The van der Waals surface area contributed by atoms with Crippen molar-refractivity contribution in [2.24, 2.45) is 7.05 Å². The fourth-order valence-electron chi connectivity index (χ4n) is 2.61. The highest BCUT2D eigenvalue weighted by molar-refractivity contribution is 7.99. The summed E-state index contributed by atoms with van der Waals surface area (Å²) in [6, 6.07) is 16.5. The number of aryl methyl sites for hydroxylation is 1. The molecule has 3 aromatic rings. The molecule has 0 bridgehead atoms. The van der Waals surface area contributed by atoms with Crippen molar-refractivity contribution in [1.29, 1.82) is 0 Å². The lowest BCUT2D eigenvalue weighted by molar-refractivity contribution is -0.113. The molecule has 0 saturated heterocycles. The molecule has 2 N–H and O–H groups in total. The van der Waals surface area contributed by atoms with Crippen molar-refractivity contribution in [2.75, 3.05) is 11.1 Å². The topological polar surface area (TPSA) is 88.9 Å². The molecule has 1 aromatic heterocycles. The molecule has 2 aromatic carbocycles. The van der Waals surface area contributed by atoms with Gasteiger partial charge in [0.2, 0.25) is 5.91 Å². The van der Waals surface area contributed by atoms with Gasteiger partial charge in [-0.2, -0.15) is 0 Å². The summed E-state index contributed by atoms with van der Waals surface area (Å²) >= 11 is 1.28. The van der Waals surface area contributed by atoms with E-state index in [9.17, 15) is 9.59 Å². The zero-order valence-electron chi connectivity index (χ0n) is 15.6. The summed E-state index contributed by atoms with van der Waals surface area (Å²) in [5.41, 5.74) is 1.91. The molecule has 0 aliphatic carbocycles. The van der Waals surface area contributed by atoms with Crippen LogP contribution in [0.2, 0.25) is 0 Å². The number of carbonyl (C=O) groups is 2. The van der Waals surface area contributed by atoms with Gasteiger partial charge in [0.1, 0.15) is 6.33 Å². The highest BCUT2D eigenvalue weighted by Crippen LogP contribution is 2.19. The number of nitrogens with one attached hydrogen (secondary N) is 2. The summed E-state index contributed by atoms with van der Waals surface area (Å²) in [5.74, 6) is -0.291. The highest BCUT2D eigenvalue weighted by Gasteiger charge is 2.16. The van der Waals surface area contributed by atoms with Crippen LogP contribution < -0.4 is 10.6 Å². The second-order valence-corrected chi connectivity index (χ2v) is 7.16. The van der Waals surface area contributed by atoms with Crippen molar-refractivity contribution < 1.29 is 9.59 Å². The molecule has 0 spiro atoms. The van der Waals surface area contributed by atoms with Crippen LogP contribution in [0.25, 0.3) is 0 Å². The van der Waals surface area contributed by atoms with Gasteiger partial charge in [0, 0.05) is 7.05 Å². The van der Waals surface area contributed by atoms with Gasteiger partial charge in [-0.1, -0.05) is 54.2 Å². The Labute approximate surface area is 167 Å². The van der Waals surface area contributed by atoms with E-state index >= 15 is 0 Å². The molecule has 0 unspecified atom stereocenters. The van der Waals surface area contributed by atoms with E-state index in [0.29, 0.717) is 16.4 Å². The van der Waals surface area contributed by atoms with Crippen LogP contribution in [0.4, 0.5) is 5.69 Å². The number of para-hydroxylation sites is 1. The minimum absolute atomic E-state index is 0.149. The van der Waals surface area contributed by atoms with E-state index in [1.54, 1.807) is 35.2 Å². The van der Waals surface area contributed by atoms with E-state index < -0.39 is 0 Å². The van der Waals surface area contributed by atoms with Crippen molar-refractivity contribution in [3.05, 3.63) is 72.1 Å². The third-order valence-electron chi connectivity index (χ3n) is 4.10. The number of nitrogens with zero attached hydrogens (tertiary/aromatic N) is 3. The van der Waals surface area contributed by atoms with Gasteiger partial charge in [0.15, 0.2) is 5.16 Å². The molecule has 0 radical (unpaired) electrons. The second kappa shape index (κ2) is 9.18. The largest absolute Gasteiger partial charge is 0.345 e. The number of carbonyl (C=O) groups excluding carboxylic acids is 2. The average Bonchev–Trinajstić information content (AvgIpc) is 3.12. The average molecular weight is 395 g/mol. The second-order valence-electron chi connectivity index (χ2n) is 6.21. The summed E-state index contributed by atoms with van der Waals surface area (Å²) in [5, 5.41) is 14.1. The van der Waals surface area contributed by atoms with Crippen LogP contribution in [-0.2, 0) is 11.8 Å². The van der Waals surface area contributed by atoms with Gasteiger partial charge < -0.3 is 15.2 Å². The Hall–Kier alpha value is -3.13. The number of amides is 2. The Morgan fingerprint density at radius 2 is 1.82 bits per heavy atom. The Kier molecular flexibility index (Phi) is 6.44. The standard InChI is InChI=1S/C20H21N5O2S/c1-14(15-8-4-3-5-9-15)22-19(27)16-10-6-7-11-17(16)23-18(26)12-28-20-24-21-13-25(20)2/h3-11,13-14H,12H2,1-2H3,(H,22,27)(H,23,26)/t14-/m0/s1. The third-order valence-corrected chi connectivity index (χ3v) is 5.13. The number of benzene rings is 2. The molecule has 2 amide bonds. The quantitative estimate of drug-likeness (QED) is 0.600. The van der Waals surface area contributed by atoms with Crippen LogP contribution in [0.15, 0.2) is 66.1 Å². The first-order valence-electron chi connectivity index (χ1n) is 8.76. The fraction of sp³-hybridized carbons (Fsp3) is 0.200. The number of hydrogen-bond donors (Lipinski definition) is 2. The molecule has 8 heteroatoms. The molecule has 28 heavy (non-hydrogen) atoms. The van der Waals surface area contributed by atoms with Gasteiger partial charge >= 0.3 is 0 Å². The Bertz CT molecular complexity index is 958. The van der Waals surface area contributed by atoms with Gasteiger partial charge in [-0.3, -0.25) is 9.59 Å². The molecule has 0 fully saturated rings. The summed E-state index contributed by atoms with van der Waals surface area (Å²) in [6.07, 6.45) is 1.58. The normalized spacial score (nSPS) is 11.6. The molecule has 1 atom stereocenters. The van der Waals surface area contributed by atoms with Crippen LogP contribution in [0.1, 0.15) is 28.9 Å². The van der Waals surface area contributed by atoms with E-state index in [4.69, 9.17) is 0 Å². The Morgan fingerprint density at radius 1 is 1.11 bits per heavy atom. The first-order chi connectivity index (χ1) is 13.5. The monoisotopic (exact) mass is 395 g/mol. The molecule has 0 aliphatic heterocycles. The van der Waals surface area contributed by atoms with Crippen LogP contribution in [0.5, 0.6) is 0 Å². The zero-order valence-corrected chi connectivity index (χ0v) is 16.4. The van der Waals surface area contributed by atoms with Gasteiger partial charge in [-0.15, -0.1) is 10.2 Å². The molecular formula is C20H21N5O2S. The zero-order chi connectivity index (χ0) is 19.9. The summed E-state index contributed by atoms with van der Waals surface area (Å²) < 4.78 is 1.74. The van der Waals surface area contributed by atoms with E-state index in [2.05, 4.69) is 20.8 Å². The lowest BCUT2D eigenvalue weighted by Crippen LogP contribution is -2.28. The Balaban J connectivity index is 1.64. The molecule has 144 valence electrons. The number of hydrogen-bond acceptors (Lipinski definition) is 5. The smallest absolute Gasteiger partial charge is 0.253 e. The minimum atomic E-state index is -0.242. The lowest BCUT2D eigenvalue weighted by atomic mass is 10.1. The number of rotatable bonds is 7.